The van der Waals surface area contributed by atoms with E-state index in [9.17, 15) is 4.79 Å². The molecule has 1 fully saturated rings. The highest BCUT2D eigenvalue weighted by Crippen LogP contribution is 2.19. The molecule has 0 radical (unpaired) electrons. The molecule has 1 aliphatic rings. The van der Waals surface area contributed by atoms with Crippen molar-refractivity contribution in [3.05, 3.63) is 71.3 Å². The molecule has 0 spiro atoms. The maximum atomic E-state index is 12.5. The predicted molar refractivity (Wildman–Crippen MR) is 92.7 cm³/mol. The Balaban J connectivity index is 1.56. The molecule has 0 aliphatic carbocycles. The van der Waals surface area contributed by atoms with Crippen LogP contribution in [-0.2, 0) is 22.6 Å². The molecule has 1 atom stereocenters. The van der Waals surface area contributed by atoms with Gasteiger partial charge in [0.15, 0.2) is 0 Å². The molecule has 2 aromatic rings. The Morgan fingerprint density at radius 2 is 1.88 bits per heavy atom. The third-order valence-electron chi connectivity index (χ3n) is 4.29. The number of likely N-dealkylation sites (tertiary alicyclic amines) is 1. The van der Waals surface area contributed by atoms with Crippen LogP contribution in [0.4, 0.5) is 0 Å². The van der Waals surface area contributed by atoms with Gasteiger partial charge in [-0.3, -0.25) is 4.90 Å². The van der Waals surface area contributed by atoms with Gasteiger partial charge in [0.1, 0.15) is 6.10 Å². The quantitative estimate of drug-likeness (QED) is 0.764. The van der Waals surface area contributed by atoms with E-state index in [0.29, 0.717) is 12.2 Å². The molecule has 0 amide bonds. The number of hydrogen-bond acceptors (Lipinski definition) is 4. The summed E-state index contributed by atoms with van der Waals surface area (Å²) in [5.41, 5.74) is 2.75. The van der Waals surface area contributed by atoms with Crippen molar-refractivity contribution in [3.63, 3.8) is 0 Å². The standard InChI is InChI=1S/C20H23NO3/c1-23-15-17-9-5-6-10-19(17)20(22)24-18-11-12-21(14-18)13-16-7-3-2-4-8-16/h2-10,18H,11-15H2,1H3/t18-/m1/s1. The number of carbonyl (C=O) groups excluding carboxylic acids is 1. The number of rotatable bonds is 6. The minimum Gasteiger partial charge on any atom is -0.457 e. The molecule has 0 bridgehead atoms. The van der Waals surface area contributed by atoms with Crippen molar-refractivity contribution >= 4 is 5.97 Å². The fraction of sp³-hybridized carbons (Fsp3) is 0.350. The summed E-state index contributed by atoms with van der Waals surface area (Å²) in [5, 5.41) is 0. The van der Waals surface area contributed by atoms with E-state index in [1.54, 1.807) is 13.2 Å². The van der Waals surface area contributed by atoms with Crippen LogP contribution in [0.1, 0.15) is 27.9 Å². The lowest BCUT2D eigenvalue weighted by atomic mass is 10.1. The lowest BCUT2D eigenvalue weighted by Crippen LogP contribution is -2.25. The van der Waals surface area contributed by atoms with E-state index >= 15 is 0 Å². The number of carbonyl (C=O) groups is 1. The van der Waals surface area contributed by atoms with Gasteiger partial charge in [0.25, 0.3) is 0 Å². The average Bonchev–Trinajstić information content (AvgIpc) is 3.03. The highest BCUT2D eigenvalue weighted by molar-refractivity contribution is 5.91. The van der Waals surface area contributed by atoms with Gasteiger partial charge in [-0.1, -0.05) is 48.5 Å². The van der Waals surface area contributed by atoms with Crippen LogP contribution < -0.4 is 0 Å². The van der Waals surface area contributed by atoms with Crippen LogP contribution in [0.5, 0.6) is 0 Å². The Morgan fingerprint density at radius 3 is 2.67 bits per heavy atom. The van der Waals surface area contributed by atoms with Gasteiger partial charge in [-0.2, -0.15) is 0 Å². The van der Waals surface area contributed by atoms with Gasteiger partial charge in [0.2, 0.25) is 0 Å². The van der Waals surface area contributed by atoms with Crippen molar-refractivity contribution in [2.45, 2.75) is 25.7 Å². The van der Waals surface area contributed by atoms with Crippen molar-refractivity contribution in [2.75, 3.05) is 20.2 Å². The monoisotopic (exact) mass is 325 g/mol. The molecule has 2 aromatic carbocycles. The van der Waals surface area contributed by atoms with Gasteiger partial charge in [0.05, 0.1) is 12.2 Å². The summed E-state index contributed by atoms with van der Waals surface area (Å²) >= 11 is 0. The summed E-state index contributed by atoms with van der Waals surface area (Å²) in [6.07, 6.45) is 0.835. The number of methoxy groups -OCH3 is 1. The van der Waals surface area contributed by atoms with Crippen LogP contribution in [0.3, 0.4) is 0 Å². The Morgan fingerprint density at radius 1 is 1.12 bits per heavy atom. The molecule has 24 heavy (non-hydrogen) atoms. The zero-order chi connectivity index (χ0) is 16.8. The Kier molecular flexibility index (Phi) is 5.62. The van der Waals surface area contributed by atoms with Gasteiger partial charge in [-0.25, -0.2) is 4.79 Å². The largest absolute Gasteiger partial charge is 0.457 e. The minimum absolute atomic E-state index is 0.0446. The van der Waals surface area contributed by atoms with E-state index in [-0.39, 0.29) is 12.1 Å². The Hall–Kier alpha value is -2.17. The van der Waals surface area contributed by atoms with E-state index in [0.717, 1.165) is 31.6 Å². The third-order valence-corrected chi connectivity index (χ3v) is 4.29. The van der Waals surface area contributed by atoms with Crippen molar-refractivity contribution in [1.29, 1.82) is 0 Å². The second-order valence-electron chi connectivity index (χ2n) is 6.13. The molecule has 1 heterocycles. The number of esters is 1. The molecule has 1 saturated heterocycles. The van der Waals surface area contributed by atoms with Crippen molar-refractivity contribution in [1.82, 2.24) is 4.90 Å². The Labute approximate surface area is 143 Å². The average molecular weight is 325 g/mol. The van der Waals surface area contributed by atoms with Gasteiger partial charge < -0.3 is 9.47 Å². The minimum atomic E-state index is -0.255. The number of ether oxygens (including phenoxy) is 2. The smallest absolute Gasteiger partial charge is 0.338 e. The SMILES string of the molecule is COCc1ccccc1C(=O)O[C@@H]1CCN(Cc2ccccc2)C1. The number of benzene rings is 2. The second kappa shape index (κ2) is 8.08. The number of hydrogen-bond donors (Lipinski definition) is 0. The van der Waals surface area contributed by atoms with Crippen LogP contribution in [-0.4, -0.2) is 37.2 Å². The molecule has 126 valence electrons. The van der Waals surface area contributed by atoms with Crippen LogP contribution >= 0.6 is 0 Å². The molecule has 0 aromatic heterocycles. The fourth-order valence-electron chi connectivity index (χ4n) is 3.09. The maximum Gasteiger partial charge on any atom is 0.338 e. The van der Waals surface area contributed by atoms with Crippen LogP contribution in [0.2, 0.25) is 0 Å². The molecule has 0 unspecified atom stereocenters. The molecular weight excluding hydrogens is 302 g/mol. The van der Waals surface area contributed by atoms with Gasteiger partial charge in [-0.05, 0) is 23.6 Å². The summed E-state index contributed by atoms with van der Waals surface area (Å²) < 4.78 is 10.9. The maximum absolute atomic E-state index is 12.5. The number of nitrogens with zero attached hydrogens (tertiary/aromatic N) is 1. The van der Waals surface area contributed by atoms with Crippen molar-refractivity contribution in [3.8, 4) is 0 Å². The Bertz CT molecular complexity index is 672. The fourth-order valence-corrected chi connectivity index (χ4v) is 3.09. The molecule has 3 rings (SSSR count). The van der Waals surface area contributed by atoms with E-state index in [1.165, 1.54) is 5.56 Å². The zero-order valence-corrected chi connectivity index (χ0v) is 14.0. The van der Waals surface area contributed by atoms with Crippen molar-refractivity contribution in [2.24, 2.45) is 0 Å². The predicted octanol–water partition coefficient (Wildman–Crippen LogP) is 3.26. The summed E-state index contributed by atoms with van der Waals surface area (Å²) in [6, 6.07) is 17.8. The summed E-state index contributed by atoms with van der Waals surface area (Å²) in [7, 11) is 1.63. The molecule has 1 aliphatic heterocycles. The van der Waals surface area contributed by atoms with Crippen LogP contribution in [0, 0.1) is 0 Å². The molecule has 0 N–H and O–H groups in total. The zero-order valence-electron chi connectivity index (χ0n) is 14.0. The first-order chi connectivity index (χ1) is 11.8. The normalized spacial score (nSPS) is 17.8. The highest BCUT2D eigenvalue weighted by Gasteiger charge is 2.26. The first-order valence-electron chi connectivity index (χ1n) is 8.30. The van der Waals surface area contributed by atoms with E-state index < -0.39 is 0 Å². The van der Waals surface area contributed by atoms with Gasteiger partial charge in [0, 0.05) is 26.7 Å². The lowest BCUT2D eigenvalue weighted by molar-refractivity contribution is 0.0316. The van der Waals surface area contributed by atoms with E-state index in [4.69, 9.17) is 9.47 Å². The van der Waals surface area contributed by atoms with Crippen LogP contribution in [0.25, 0.3) is 0 Å². The topological polar surface area (TPSA) is 38.8 Å². The van der Waals surface area contributed by atoms with Gasteiger partial charge in [-0.15, -0.1) is 0 Å². The molecular formula is C20H23NO3. The first kappa shape index (κ1) is 16.7. The van der Waals surface area contributed by atoms with E-state index in [1.807, 2.05) is 24.3 Å². The lowest BCUT2D eigenvalue weighted by Gasteiger charge is -2.17. The van der Waals surface area contributed by atoms with Gasteiger partial charge >= 0.3 is 5.97 Å². The third kappa shape index (κ3) is 4.22. The molecule has 4 nitrogen and oxygen atoms in total. The van der Waals surface area contributed by atoms with E-state index in [2.05, 4.69) is 29.2 Å². The summed E-state index contributed by atoms with van der Waals surface area (Å²) in [5.74, 6) is -0.255. The first-order valence-corrected chi connectivity index (χ1v) is 8.30. The summed E-state index contributed by atoms with van der Waals surface area (Å²) in [6.45, 7) is 3.05. The highest BCUT2D eigenvalue weighted by atomic mass is 16.5. The molecule has 4 heteroatoms. The van der Waals surface area contributed by atoms with Crippen molar-refractivity contribution < 1.29 is 14.3 Å². The molecule has 0 saturated carbocycles. The second-order valence-corrected chi connectivity index (χ2v) is 6.13. The summed E-state index contributed by atoms with van der Waals surface area (Å²) in [4.78, 5) is 14.8. The van der Waals surface area contributed by atoms with Crippen LogP contribution in [0.15, 0.2) is 54.6 Å².